The molecule has 28 heavy (non-hydrogen) atoms. The first-order valence-corrected chi connectivity index (χ1v) is 9.52. The average molecular weight is 393 g/mol. The third kappa shape index (κ3) is 6.37. The van der Waals surface area contributed by atoms with E-state index >= 15 is 0 Å². The third-order valence-corrected chi connectivity index (χ3v) is 4.40. The maximum absolute atomic E-state index is 5.82. The lowest BCUT2D eigenvalue weighted by Crippen LogP contribution is -2.27. The molecule has 0 aliphatic rings. The molecule has 3 rings (SSSR count). The van der Waals surface area contributed by atoms with E-state index in [0.29, 0.717) is 24.9 Å². The predicted molar refractivity (Wildman–Crippen MR) is 117 cm³/mol. The summed E-state index contributed by atoms with van der Waals surface area (Å²) in [6.45, 7) is 1.83. The minimum absolute atomic E-state index is 0.569. The second-order valence-electron chi connectivity index (χ2n) is 6.34. The van der Waals surface area contributed by atoms with Gasteiger partial charge in [0.2, 0.25) is 0 Å². The van der Waals surface area contributed by atoms with Crippen molar-refractivity contribution in [3.8, 4) is 5.75 Å². The van der Waals surface area contributed by atoms with Crippen molar-refractivity contribution >= 4 is 23.0 Å². The Morgan fingerprint density at radius 1 is 0.821 bits per heavy atom. The molecule has 3 aromatic carbocycles. The molecule has 2 N–H and O–H groups in total. The van der Waals surface area contributed by atoms with Crippen molar-refractivity contribution in [2.75, 3.05) is 12.4 Å². The standard InChI is InChI=1S/C23H24N2O2S/c1-26-22-12-6-11-21(14-22)25-23(28)24-15-19-9-5-10-20(13-19)17-27-16-18-7-3-2-4-8-18/h2-14H,15-17H2,1H3,(H2,24,25,28). The molecule has 4 nitrogen and oxygen atoms in total. The summed E-state index contributed by atoms with van der Waals surface area (Å²) in [7, 11) is 1.65. The molecule has 5 heteroatoms. The molecule has 0 heterocycles. The second kappa shape index (κ2) is 10.4. The molecular formula is C23H24N2O2S. The van der Waals surface area contributed by atoms with Crippen LogP contribution in [-0.2, 0) is 24.5 Å². The minimum Gasteiger partial charge on any atom is -0.497 e. The van der Waals surface area contributed by atoms with E-state index in [4.69, 9.17) is 21.7 Å². The summed E-state index contributed by atoms with van der Waals surface area (Å²) in [6, 6.07) is 26.2. The van der Waals surface area contributed by atoms with Gasteiger partial charge in [-0.25, -0.2) is 0 Å². The lowest BCUT2D eigenvalue weighted by atomic mass is 10.1. The Labute approximate surface area is 171 Å². The van der Waals surface area contributed by atoms with Crippen molar-refractivity contribution in [3.05, 3.63) is 95.6 Å². The van der Waals surface area contributed by atoms with Gasteiger partial charge in [0.15, 0.2) is 5.11 Å². The summed E-state index contributed by atoms with van der Waals surface area (Å²) in [5, 5.41) is 6.97. The van der Waals surface area contributed by atoms with Crippen molar-refractivity contribution in [3.63, 3.8) is 0 Å². The zero-order valence-corrected chi connectivity index (χ0v) is 16.7. The quantitative estimate of drug-likeness (QED) is 0.534. The molecule has 0 saturated heterocycles. The van der Waals surface area contributed by atoms with E-state index in [1.165, 1.54) is 5.56 Å². The number of anilines is 1. The van der Waals surface area contributed by atoms with Crippen molar-refractivity contribution in [1.82, 2.24) is 5.32 Å². The van der Waals surface area contributed by atoms with E-state index < -0.39 is 0 Å². The molecular weight excluding hydrogens is 368 g/mol. The molecule has 0 aliphatic heterocycles. The van der Waals surface area contributed by atoms with Crippen LogP contribution in [0.3, 0.4) is 0 Å². The Balaban J connectivity index is 1.46. The summed E-state index contributed by atoms with van der Waals surface area (Å²) in [4.78, 5) is 0. The smallest absolute Gasteiger partial charge is 0.171 e. The molecule has 0 amide bonds. The van der Waals surface area contributed by atoms with E-state index in [2.05, 4.69) is 41.0 Å². The largest absolute Gasteiger partial charge is 0.497 e. The highest BCUT2D eigenvalue weighted by Crippen LogP contribution is 2.16. The lowest BCUT2D eigenvalue weighted by Gasteiger charge is -2.12. The zero-order valence-electron chi connectivity index (χ0n) is 15.9. The van der Waals surface area contributed by atoms with Gasteiger partial charge in [0.05, 0.1) is 20.3 Å². The van der Waals surface area contributed by atoms with Gasteiger partial charge in [0.25, 0.3) is 0 Å². The van der Waals surface area contributed by atoms with E-state index in [0.717, 1.165) is 22.6 Å². The second-order valence-corrected chi connectivity index (χ2v) is 6.75. The first-order valence-electron chi connectivity index (χ1n) is 9.11. The Kier molecular flexibility index (Phi) is 7.41. The number of ether oxygens (including phenoxy) is 2. The van der Waals surface area contributed by atoms with Crippen LogP contribution in [0.25, 0.3) is 0 Å². The van der Waals surface area contributed by atoms with Gasteiger partial charge in [0.1, 0.15) is 5.75 Å². The van der Waals surface area contributed by atoms with Crippen LogP contribution in [-0.4, -0.2) is 12.2 Å². The number of methoxy groups -OCH3 is 1. The van der Waals surface area contributed by atoms with E-state index in [1.54, 1.807) is 7.11 Å². The van der Waals surface area contributed by atoms with Crippen molar-refractivity contribution < 1.29 is 9.47 Å². The number of benzene rings is 3. The maximum Gasteiger partial charge on any atom is 0.171 e. The zero-order chi connectivity index (χ0) is 19.6. The van der Waals surface area contributed by atoms with Crippen LogP contribution in [0.1, 0.15) is 16.7 Å². The van der Waals surface area contributed by atoms with E-state index in [1.807, 2.05) is 48.5 Å². The number of nitrogens with one attached hydrogen (secondary N) is 2. The summed E-state index contributed by atoms with van der Waals surface area (Å²) in [6.07, 6.45) is 0. The van der Waals surface area contributed by atoms with Gasteiger partial charge in [0, 0.05) is 18.3 Å². The molecule has 0 bridgehead atoms. The number of hydrogen-bond acceptors (Lipinski definition) is 3. The summed E-state index contributed by atoms with van der Waals surface area (Å²) >= 11 is 5.38. The fourth-order valence-electron chi connectivity index (χ4n) is 2.75. The van der Waals surface area contributed by atoms with Gasteiger partial charge in [-0.3, -0.25) is 0 Å². The molecule has 144 valence electrons. The highest BCUT2D eigenvalue weighted by Gasteiger charge is 2.01. The fourth-order valence-corrected chi connectivity index (χ4v) is 2.94. The fraction of sp³-hybridized carbons (Fsp3) is 0.174. The van der Waals surface area contributed by atoms with Crippen LogP contribution in [0, 0.1) is 0 Å². The maximum atomic E-state index is 5.82. The molecule has 0 aliphatic carbocycles. The summed E-state index contributed by atoms with van der Waals surface area (Å²) < 4.78 is 11.0. The van der Waals surface area contributed by atoms with Crippen LogP contribution in [0.2, 0.25) is 0 Å². The number of thiocarbonyl (C=S) groups is 1. The molecule has 0 fully saturated rings. The van der Waals surface area contributed by atoms with Gasteiger partial charge in [-0.15, -0.1) is 0 Å². The molecule has 0 saturated carbocycles. The molecule has 0 spiro atoms. The van der Waals surface area contributed by atoms with Crippen molar-refractivity contribution in [1.29, 1.82) is 0 Å². The van der Waals surface area contributed by atoms with Gasteiger partial charge >= 0.3 is 0 Å². The third-order valence-electron chi connectivity index (χ3n) is 4.15. The van der Waals surface area contributed by atoms with E-state index in [-0.39, 0.29) is 0 Å². The molecule has 0 atom stereocenters. The van der Waals surface area contributed by atoms with Crippen LogP contribution >= 0.6 is 12.2 Å². The molecule has 0 aromatic heterocycles. The monoisotopic (exact) mass is 392 g/mol. The number of hydrogen-bond donors (Lipinski definition) is 2. The Hall–Kier alpha value is -2.89. The van der Waals surface area contributed by atoms with Gasteiger partial charge in [-0.2, -0.15) is 0 Å². The van der Waals surface area contributed by atoms with Crippen LogP contribution < -0.4 is 15.4 Å². The average Bonchev–Trinajstić information content (AvgIpc) is 2.73. The van der Waals surface area contributed by atoms with E-state index in [9.17, 15) is 0 Å². The van der Waals surface area contributed by atoms with Crippen molar-refractivity contribution in [2.45, 2.75) is 19.8 Å². The van der Waals surface area contributed by atoms with Crippen LogP contribution in [0.15, 0.2) is 78.9 Å². The van der Waals surface area contributed by atoms with Crippen LogP contribution in [0.5, 0.6) is 5.75 Å². The minimum atomic E-state index is 0.569. The molecule has 0 radical (unpaired) electrons. The number of rotatable bonds is 8. The Morgan fingerprint density at radius 3 is 2.36 bits per heavy atom. The lowest BCUT2D eigenvalue weighted by molar-refractivity contribution is 0.107. The highest BCUT2D eigenvalue weighted by atomic mass is 32.1. The summed E-state index contributed by atoms with van der Waals surface area (Å²) in [5.41, 5.74) is 4.35. The topological polar surface area (TPSA) is 42.5 Å². The SMILES string of the molecule is COc1cccc(NC(=S)NCc2cccc(COCc3ccccc3)c2)c1. The normalized spacial score (nSPS) is 10.3. The molecule has 3 aromatic rings. The molecule has 0 unspecified atom stereocenters. The van der Waals surface area contributed by atoms with Crippen LogP contribution in [0.4, 0.5) is 5.69 Å². The van der Waals surface area contributed by atoms with Crippen molar-refractivity contribution in [2.24, 2.45) is 0 Å². The first kappa shape index (κ1) is 19.9. The van der Waals surface area contributed by atoms with Gasteiger partial charge < -0.3 is 20.1 Å². The Bertz CT molecular complexity index is 900. The highest BCUT2D eigenvalue weighted by molar-refractivity contribution is 7.80. The summed E-state index contributed by atoms with van der Waals surface area (Å²) in [5.74, 6) is 0.788. The Morgan fingerprint density at radius 2 is 1.54 bits per heavy atom. The van der Waals surface area contributed by atoms with Gasteiger partial charge in [-0.1, -0.05) is 60.7 Å². The predicted octanol–water partition coefficient (Wildman–Crippen LogP) is 4.90. The first-order chi connectivity index (χ1) is 13.7. The van der Waals surface area contributed by atoms with Gasteiger partial charge in [-0.05, 0) is 41.0 Å².